The van der Waals surface area contributed by atoms with Crippen LogP contribution >= 0.6 is 0 Å². The second-order valence-corrected chi connectivity index (χ2v) is 15.6. The lowest BCUT2D eigenvalue weighted by Crippen LogP contribution is -2.60. The fourth-order valence-corrected chi connectivity index (χ4v) is 12.1. The number of ether oxygens (including phenoxy) is 3. The molecule has 5 aliphatic carbocycles. The molecule has 1 saturated heterocycles. The Bertz CT molecular complexity index is 1050. The van der Waals surface area contributed by atoms with Crippen molar-refractivity contribution in [3.8, 4) is 0 Å². The zero-order valence-corrected chi connectivity index (χ0v) is 24.7. The molecule has 6 aliphatic rings. The van der Waals surface area contributed by atoms with Crippen LogP contribution in [0.4, 0.5) is 9.59 Å². The van der Waals surface area contributed by atoms with Crippen molar-refractivity contribution in [3.05, 3.63) is 0 Å². The number of carbonyl (C=O) groups excluding carboxylic acids is 2. The molecule has 0 radical (unpaired) electrons. The fraction of sp³-hybridized carbons (Fsp3) is 0.935. The number of rotatable bonds is 4. The highest BCUT2D eigenvalue weighted by molar-refractivity contribution is 5.65. The Kier molecular flexibility index (Phi) is 6.02. The maximum Gasteiger partial charge on any atom is 0.404 e. The molecule has 8 unspecified atom stereocenters. The van der Waals surface area contributed by atoms with E-state index in [1.807, 2.05) is 13.8 Å². The van der Waals surface area contributed by atoms with Crippen molar-refractivity contribution in [2.45, 2.75) is 130 Å². The van der Waals surface area contributed by atoms with E-state index < -0.39 is 24.4 Å². The van der Waals surface area contributed by atoms with Crippen molar-refractivity contribution in [3.63, 3.8) is 0 Å². The predicted octanol–water partition coefficient (Wildman–Crippen LogP) is 5.14. The number of primary amides is 2. The summed E-state index contributed by atoms with van der Waals surface area (Å²) in [7, 11) is 0. The van der Waals surface area contributed by atoms with Crippen LogP contribution in [0.5, 0.6) is 0 Å². The number of hydrogen-bond donors (Lipinski definition) is 3. The fourth-order valence-electron chi connectivity index (χ4n) is 12.1. The maximum absolute atomic E-state index is 12.2. The SMILES string of the molecule is CC(C)[C@@H](OC(N)=O)C1CC[C@H]2C(O1)[C@H](O)[C@@]1(C)C3CCC4C(C)(C)C(OC(N)=O)CCC45CC35CCC21C. The molecule has 220 valence electrons. The highest BCUT2D eigenvalue weighted by Crippen LogP contribution is 2.89. The third-order valence-electron chi connectivity index (χ3n) is 14.0. The van der Waals surface area contributed by atoms with Gasteiger partial charge in [0.15, 0.2) is 0 Å². The first kappa shape index (κ1) is 27.6. The van der Waals surface area contributed by atoms with E-state index in [1.165, 1.54) is 12.8 Å². The van der Waals surface area contributed by atoms with Gasteiger partial charge in [-0.15, -0.1) is 0 Å². The summed E-state index contributed by atoms with van der Waals surface area (Å²) in [5, 5.41) is 12.2. The van der Waals surface area contributed by atoms with Gasteiger partial charge in [0, 0.05) is 10.8 Å². The lowest BCUT2D eigenvalue weighted by atomic mass is 9.41. The summed E-state index contributed by atoms with van der Waals surface area (Å²) in [6.45, 7) is 13.4. The molecule has 1 heterocycles. The van der Waals surface area contributed by atoms with Crippen LogP contribution in [0.15, 0.2) is 0 Å². The number of carbonyl (C=O) groups is 2. The van der Waals surface area contributed by atoms with Gasteiger partial charge in [0.05, 0.1) is 18.3 Å². The smallest absolute Gasteiger partial charge is 0.404 e. The Morgan fingerprint density at radius 2 is 1.56 bits per heavy atom. The van der Waals surface area contributed by atoms with Gasteiger partial charge in [-0.3, -0.25) is 0 Å². The minimum Gasteiger partial charge on any atom is -0.446 e. The van der Waals surface area contributed by atoms with Crippen molar-refractivity contribution in [2.24, 2.45) is 62.2 Å². The summed E-state index contributed by atoms with van der Waals surface area (Å²) >= 11 is 0. The molecule has 0 aromatic heterocycles. The van der Waals surface area contributed by atoms with Gasteiger partial charge < -0.3 is 30.8 Å². The molecule has 2 amide bonds. The molecule has 8 nitrogen and oxygen atoms in total. The summed E-state index contributed by atoms with van der Waals surface area (Å²) in [5.74, 6) is 1.30. The highest BCUT2D eigenvalue weighted by atomic mass is 16.6. The standard InChI is InChI=1S/C31H50N2O6/c1-16(2)22(39-26(33)36)18-8-7-17-23(37-18)24(34)29(6)20-10-9-19-27(3,4)21(38-25(32)35)11-12-30(19)15-31(20,30)14-13-28(17,29)5/h16-24,34H,7-15H2,1-6H3,(H2,32,35)(H2,33,36)/t17-,18?,19?,20?,21?,22+,23?,24-,28?,29+,30?,31?/m0/s1. The zero-order chi connectivity index (χ0) is 28.3. The summed E-state index contributed by atoms with van der Waals surface area (Å²) in [5.41, 5.74) is 11.0. The first-order valence-corrected chi connectivity index (χ1v) is 15.4. The predicted molar refractivity (Wildman–Crippen MR) is 145 cm³/mol. The van der Waals surface area contributed by atoms with Crippen molar-refractivity contribution < 1.29 is 28.9 Å². The van der Waals surface area contributed by atoms with E-state index in [4.69, 9.17) is 25.7 Å². The first-order valence-electron chi connectivity index (χ1n) is 15.4. The molecule has 0 aromatic carbocycles. The number of aliphatic hydroxyl groups is 1. The average molecular weight is 547 g/mol. The van der Waals surface area contributed by atoms with Crippen molar-refractivity contribution in [1.82, 2.24) is 0 Å². The van der Waals surface area contributed by atoms with Crippen LogP contribution in [0.1, 0.15) is 99.3 Å². The number of fused-ring (bicyclic) bond motifs is 4. The second-order valence-electron chi connectivity index (χ2n) is 15.6. The molecule has 0 aromatic rings. The first-order chi connectivity index (χ1) is 18.2. The average Bonchev–Trinajstić information content (AvgIpc) is 3.49. The molecular formula is C31H50N2O6. The Balaban J connectivity index is 1.29. The molecule has 0 bridgehead atoms. The summed E-state index contributed by atoms with van der Waals surface area (Å²) in [6, 6.07) is 0. The number of hydrogen-bond acceptors (Lipinski definition) is 6. The minimum absolute atomic E-state index is 0.00570. The maximum atomic E-state index is 12.2. The lowest BCUT2D eigenvalue weighted by molar-refractivity contribution is -0.184. The van der Waals surface area contributed by atoms with Gasteiger partial charge >= 0.3 is 12.2 Å². The quantitative estimate of drug-likeness (QED) is 0.447. The molecule has 6 rings (SSSR count). The summed E-state index contributed by atoms with van der Waals surface area (Å²) in [6.07, 6.45) is 6.39. The number of aliphatic hydroxyl groups excluding tert-OH is 1. The topological polar surface area (TPSA) is 134 Å². The normalized spacial score (nSPS) is 51.8. The van der Waals surface area contributed by atoms with Crippen molar-refractivity contribution in [2.75, 3.05) is 0 Å². The van der Waals surface area contributed by atoms with Crippen LogP contribution in [0.3, 0.4) is 0 Å². The molecule has 5 saturated carbocycles. The van der Waals surface area contributed by atoms with Crippen LogP contribution in [0, 0.1) is 50.7 Å². The molecule has 2 spiro atoms. The van der Waals surface area contributed by atoms with Crippen LogP contribution in [-0.2, 0) is 14.2 Å². The zero-order valence-electron chi connectivity index (χ0n) is 24.7. The van der Waals surface area contributed by atoms with Gasteiger partial charge in [0.25, 0.3) is 0 Å². The van der Waals surface area contributed by atoms with Gasteiger partial charge in [-0.2, -0.15) is 0 Å². The van der Waals surface area contributed by atoms with Crippen LogP contribution in [0.25, 0.3) is 0 Å². The molecular weight excluding hydrogens is 496 g/mol. The third-order valence-corrected chi connectivity index (χ3v) is 14.0. The van der Waals surface area contributed by atoms with Crippen LogP contribution < -0.4 is 11.5 Å². The minimum atomic E-state index is -0.768. The van der Waals surface area contributed by atoms with Gasteiger partial charge in [0.2, 0.25) is 0 Å². The Morgan fingerprint density at radius 1 is 0.897 bits per heavy atom. The van der Waals surface area contributed by atoms with E-state index in [-0.39, 0.29) is 57.2 Å². The largest absolute Gasteiger partial charge is 0.446 e. The highest BCUT2D eigenvalue weighted by Gasteiger charge is 2.84. The summed E-state index contributed by atoms with van der Waals surface area (Å²) < 4.78 is 17.9. The van der Waals surface area contributed by atoms with Gasteiger partial charge in [0.1, 0.15) is 12.2 Å². The van der Waals surface area contributed by atoms with Crippen molar-refractivity contribution in [1.29, 1.82) is 0 Å². The van der Waals surface area contributed by atoms with E-state index in [2.05, 4.69) is 27.7 Å². The number of nitrogens with two attached hydrogens (primary N) is 2. The lowest BCUT2D eigenvalue weighted by Gasteiger charge is -2.63. The van der Waals surface area contributed by atoms with Gasteiger partial charge in [-0.1, -0.05) is 41.5 Å². The van der Waals surface area contributed by atoms with Gasteiger partial charge in [-0.05, 0) is 97.7 Å². The van der Waals surface area contributed by atoms with E-state index in [0.717, 1.165) is 44.9 Å². The molecule has 12 atom stereocenters. The molecule has 5 N–H and O–H groups in total. The molecule has 1 aliphatic heterocycles. The number of amides is 2. The van der Waals surface area contributed by atoms with Crippen LogP contribution in [0.2, 0.25) is 0 Å². The second kappa shape index (κ2) is 8.50. The third kappa shape index (κ3) is 3.36. The summed E-state index contributed by atoms with van der Waals surface area (Å²) in [4.78, 5) is 23.3. The van der Waals surface area contributed by atoms with Gasteiger partial charge in [-0.25, -0.2) is 9.59 Å². The van der Waals surface area contributed by atoms with E-state index in [9.17, 15) is 14.7 Å². The van der Waals surface area contributed by atoms with E-state index in [1.54, 1.807) is 0 Å². The van der Waals surface area contributed by atoms with Crippen LogP contribution in [-0.4, -0.2) is 47.8 Å². The Morgan fingerprint density at radius 3 is 2.21 bits per heavy atom. The Hall–Kier alpha value is -1.54. The molecule has 6 fully saturated rings. The van der Waals surface area contributed by atoms with E-state index in [0.29, 0.717) is 11.8 Å². The molecule has 39 heavy (non-hydrogen) atoms. The Labute approximate surface area is 233 Å². The molecule has 8 heteroatoms. The van der Waals surface area contributed by atoms with E-state index >= 15 is 0 Å². The van der Waals surface area contributed by atoms with Crippen molar-refractivity contribution >= 4 is 12.2 Å². The monoisotopic (exact) mass is 546 g/mol.